The Morgan fingerprint density at radius 1 is 1.30 bits per heavy atom. The Morgan fingerprint density at radius 3 is 2.60 bits per heavy atom. The van der Waals surface area contributed by atoms with E-state index in [4.69, 9.17) is 0 Å². The fourth-order valence-corrected chi connectivity index (χ4v) is 1.96. The van der Waals surface area contributed by atoms with Crippen LogP contribution in [0, 0.1) is 10.1 Å². The molecule has 0 saturated heterocycles. The van der Waals surface area contributed by atoms with Gasteiger partial charge in [0.05, 0.1) is 11.0 Å². The number of aromatic nitrogens is 1. The van der Waals surface area contributed by atoms with Crippen molar-refractivity contribution in [2.24, 2.45) is 0 Å². The highest BCUT2D eigenvalue weighted by atomic mass is 16.6. The van der Waals surface area contributed by atoms with Crippen molar-refractivity contribution in [1.82, 2.24) is 4.98 Å². The smallest absolute Gasteiger partial charge is 0.274 e. The van der Waals surface area contributed by atoms with Gasteiger partial charge in [0.2, 0.25) is 0 Å². The lowest BCUT2D eigenvalue weighted by atomic mass is 10.1. The molecule has 1 unspecified atom stereocenters. The van der Waals surface area contributed by atoms with Crippen LogP contribution in [0.4, 0.5) is 11.5 Å². The second-order valence-corrected chi connectivity index (χ2v) is 4.62. The number of pyridine rings is 1. The molecule has 0 spiro atoms. The van der Waals surface area contributed by atoms with Crippen LogP contribution < -0.4 is 5.32 Å². The second kappa shape index (κ2) is 6.14. The van der Waals surface area contributed by atoms with E-state index < -0.39 is 4.92 Å². The third kappa shape index (κ3) is 3.32. The predicted octanol–water partition coefficient (Wildman–Crippen LogP) is 3.73. The van der Waals surface area contributed by atoms with Gasteiger partial charge in [-0.1, -0.05) is 31.2 Å². The van der Waals surface area contributed by atoms with Crippen LogP contribution in [-0.4, -0.2) is 9.91 Å². The molecular weight excluding hydrogens is 254 g/mol. The largest absolute Gasteiger partial charge is 0.363 e. The van der Waals surface area contributed by atoms with Gasteiger partial charge in [0.15, 0.2) is 0 Å². The van der Waals surface area contributed by atoms with Gasteiger partial charge in [-0.25, -0.2) is 4.98 Å². The lowest BCUT2D eigenvalue weighted by Crippen LogP contribution is -2.08. The van der Waals surface area contributed by atoms with Gasteiger partial charge in [0.1, 0.15) is 5.82 Å². The van der Waals surface area contributed by atoms with E-state index in [0.717, 1.165) is 12.0 Å². The van der Waals surface area contributed by atoms with Crippen LogP contribution in [0.3, 0.4) is 0 Å². The Bertz CT molecular complexity index is 596. The number of nitrogens with one attached hydrogen (secondary N) is 1. The molecule has 0 amide bonds. The Hall–Kier alpha value is -2.43. The van der Waals surface area contributed by atoms with Gasteiger partial charge in [-0.2, -0.15) is 0 Å². The van der Waals surface area contributed by atoms with E-state index >= 15 is 0 Å². The van der Waals surface area contributed by atoms with Crippen LogP contribution in [-0.2, 0) is 6.42 Å². The first kappa shape index (κ1) is 14.0. The fraction of sp³-hybridized carbons (Fsp3) is 0.267. The predicted molar refractivity (Wildman–Crippen MR) is 78.7 cm³/mol. The second-order valence-electron chi connectivity index (χ2n) is 4.62. The average Bonchev–Trinajstić information content (AvgIpc) is 2.47. The van der Waals surface area contributed by atoms with Gasteiger partial charge in [0, 0.05) is 18.3 Å². The zero-order valence-electron chi connectivity index (χ0n) is 11.5. The van der Waals surface area contributed by atoms with Gasteiger partial charge >= 0.3 is 0 Å². The van der Waals surface area contributed by atoms with Gasteiger partial charge in [-0.3, -0.25) is 10.1 Å². The monoisotopic (exact) mass is 271 g/mol. The maximum absolute atomic E-state index is 10.7. The molecule has 1 atom stereocenters. The van der Waals surface area contributed by atoms with Gasteiger partial charge in [0.25, 0.3) is 5.69 Å². The molecule has 20 heavy (non-hydrogen) atoms. The summed E-state index contributed by atoms with van der Waals surface area (Å²) in [5, 5.41) is 13.9. The number of aryl methyl sites for hydroxylation is 1. The minimum absolute atomic E-state index is 0.0374. The summed E-state index contributed by atoms with van der Waals surface area (Å²) in [6.07, 6.45) is 2.45. The Labute approximate surface area is 117 Å². The first-order valence-electron chi connectivity index (χ1n) is 6.56. The van der Waals surface area contributed by atoms with Crippen LogP contribution in [0.25, 0.3) is 0 Å². The van der Waals surface area contributed by atoms with Gasteiger partial charge in [-0.15, -0.1) is 0 Å². The highest BCUT2D eigenvalue weighted by Gasteiger charge is 2.10. The number of rotatable bonds is 5. The van der Waals surface area contributed by atoms with Crippen LogP contribution in [0.1, 0.15) is 31.0 Å². The van der Waals surface area contributed by atoms with Gasteiger partial charge in [-0.05, 0) is 24.5 Å². The normalized spacial score (nSPS) is 11.9. The molecule has 0 fully saturated rings. The van der Waals surface area contributed by atoms with E-state index in [1.807, 2.05) is 6.92 Å². The topological polar surface area (TPSA) is 68.1 Å². The maximum Gasteiger partial charge on any atom is 0.274 e. The van der Waals surface area contributed by atoms with Crippen molar-refractivity contribution in [3.8, 4) is 0 Å². The molecule has 1 N–H and O–H groups in total. The third-order valence-electron chi connectivity index (χ3n) is 3.21. The Kier molecular flexibility index (Phi) is 4.30. The number of benzene rings is 1. The summed E-state index contributed by atoms with van der Waals surface area (Å²) in [6, 6.07) is 11.2. The summed E-state index contributed by atoms with van der Waals surface area (Å²) in [6.45, 7) is 4.12. The number of anilines is 1. The van der Waals surface area contributed by atoms with E-state index in [1.54, 1.807) is 0 Å². The summed E-state index contributed by atoms with van der Waals surface area (Å²) < 4.78 is 0. The van der Waals surface area contributed by atoms with Crippen molar-refractivity contribution in [3.05, 3.63) is 63.8 Å². The molecule has 5 nitrogen and oxygen atoms in total. The van der Waals surface area contributed by atoms with Crippen molar-refractivity contribution in [2.45, 2.75) is 26.3 Å². The lowest BCUT2D eigenvalue weighted by molar-refractivity contribution is -0.384. The van der Waals surface area contributed by atoms with Crippen LogP contribution in [0.2, 0.25) is 0 Å². The summed E-state index contributed by atoms with van der Waals surface area (Å²) in [5.74, 6) is 0.506. The van der Waals surface area contributed by atoms with E-state index in [1.165, 1.54) is 23.9 Å². The molecule has 0 radical (unpaired) electrons. The first-order chi connectivity index (χ1) is 9.60. The van der Waals surface area contributed by atoms with E-state index in [2.05, 4.69) is 41.5 Å². The molecule has 0 aliphatic rings. The minimum Gasteiger partial charge on any atom is -0.363 e. The Balaban J connectivity index is 2.12. The molecule has 0 bridgehead atoms. The molecule has 1 heterocycles. The first-order valence-corrected chi connectivity index (χ1v) is 6.56. The highest BCUT2D eigenvalue weighted by Crippen LogP contribution is 2.21. The molecule has 0 saturated carbocycles. The summed E-state index contributed by atoms with van der Waals surface area (Å²) in [5.41, 5.74) is 2.45. The SMILES string of the molecule is CCc1ccc(C(C)Nc2cc([N+](=O)[O-])ccn2)cc1. The Morgan fingerprint density at radius 2 is 2.00 bits per heavy atom. The van der Waals surface area contributed by atoms with Gasteiger partial charge < -0.3 is 5.32 Å². The lowest BCUT2D eigenvalue weighted by Gasteiger charge is -2.15. The molecule has 1 aromatic heterocycles. The van der Waals surface area contributed by atoms with E-state index in [0.29, 0.717) is 5.82 Å². The molecule has 2 aromatic rings. The maximum atomic E-state index is 10.7. The van der Waals surface area contributed by atoms with E-state index in [-0.39, 0.29) is 11.7 Å². The quantitative estimate of drug-likeness (QED) is 0.664. The molecule has 0 aliphatic heterocycles. The molecular formula is C15H17N3O2. The highest BCUT2D eigenvalue weighted by molar-refractivity contribution is 5.46. The molecule has 2 rings (SSSR count). The third-order valence-corrected chi connectivity index (χ3v) is 3.21. The number of hydrogen-bond donors (Lipinski definition) is 1. The van der Waals surface area contributed by atoms with Crippen LogP contribution in [0.5, 0.6) is 0 Å². The summed E-state index contributed by atoms with van der Waals surface area (Å²) in [7, 11) is 0. The fourth-order valence-electron chi connectivity index (χ4n) is 1.96. The zero-order valence-corrected chi connectivity index (χ0v) is 11.5. The number of nitrogens with zero attached hydrogens (tertiary/aromatic N) is 2. The van der Waals surface area contributed by atoms with Crippen molar-refractivity contribution in [3.63, 3.8) is 0 Å². The number of nitro groups is 1. The molecule has 5 heteroatoms. The van der Waals surface area contributed by atoms with Crippen molar-refractivity contribution < 1.29 is 4.92 Å². The number of hydrogen-bond acceptors (Lipinski definition) is 4. The van der Waals surface area contributed by atoms with Crippen molar-refractivity contribution in [2.75, 3.05) is 5.32 Å². The van der Waals surface area contributed by atoms with Crippen molar-refractivity contribution in [1.29, 1.82) is 0 Å². The zero-order chi connectivity index (χ0) is 14.5. The van der Waals surface area contributed by atoms with Crippen LogP contribution in [0.15, 0.2) is 42.6 Å². The average molecular weight is 271 g/mol. The molecule has 0 aliphatic carbocycles. The standard InChI is InChI=1S/C15H17N3O2/c1-3-12-4-6-13(7-5-12)11(2)17-15-10-14(18(19)20)8-9-16-15/h4-11H,3H2,1-2H3,(H,16,17). The van der Waals surface area contributed by atoms with E-state index in [9.17, 15) is 10.1 Å². The molecule has 104 valence electrons. The summed E-state index contributed by atoms with van der Waals surface area (Å²) >= 11 is 0. The van der Waals surface area contributed by atoms with Crippen molar-refractivity contribution >= 4 is 11.5 Å². The summed E-state index contributed by atoms with van der Waals surface area (Å²) in [4.78, 5) is 14.4. The molecule has 1 aromatic carbocycles. The minimum atomic E-state index is -0.423. The van der Waals surface area contributed by atoms with Crippen LogP contribution >= 0.6 is 0 Å².